The summed E-state index contributed by atoms with van der Waals surface area (Å²) in [5.41, 5.74) is 2.74. The van der Waals surface area contributed by atoms with Crippen LogP contribution in [0, 0.1) is 6.92 Å². The molecule has 0 spiro atoms. The normalized spacial score (nSPS) is 12.0. The summed E-state index contributed by atoms with van der Waals surface area (Å²) in [6, 6.07) is 16.8. The molecule has 0 unspecified atom stereocenters. The maximum absolute atomic E-state index is 12.6. The van der Waals surface area contributed by atoms with Gasteiger partial charge >= 0.3 is 5.97 Å². The average molecular weight is 325 g/mol. The fourth-order valence-corrected chi connectivity index (χ4v) is 2.56. The van der Waals surface area contributed by atoms with E-state index < -0.39 is 6.04 Å². The van der Waals surface area contributed by atoms with Crippen molar-refractivity contribution in [2.45, 2.75) is 26.4 Å². The van der Waals surface area contributed by atoms with Crippen molar-refractivity contribution in [2.75, 3.05) is 13.7 Å². The molecule has 0 aromatic heterocycles. The standard InChI is InChI=1S/C20H23NO3/c1-15-8-7-11-18(12-15)19(22)14-21(16(2)20(23)24-3)13-17-9-5-4-6-10-17/h4-12,16H,13-14H2,1-3H3/t16-/m1/s1. The first-order chi connectivity index (χ1) is 11.5. The fourth-order valence-electron chi connectivity index (χ4n) is 2.56. The van der Waals surface area contributed by atoms with Gasteiger partial charge in [0.1, 0.15) is 6.04 Å². The third kappa shape index (κ3) is 4.77. The van der Waals surface area contributed by atoms with Crippen molar-refractivity contribution in [1.29, 1.82) is 0 Å². The van der Waals surface area contributed by atoms with Crippen LogP contribution in [0.15, 0.2) is 54.6 Å². The fraction of sp³-hybridized carbons (Fsp3) is 0.300. The lowest BCUT2D eigenvalue weighted by molar-refractivity contribution is -0.146. The van der Waals surface area contributed by atoms with Crippen LogP contribution in [0.1, 0.15) is 28.4 Å². The van der Waals surface area contributed by atoms with E-state index in [1.165, 1.54) is 7.11 Å². The zero-order valence-electron chi connectivity index (χ0n) is 14.4. The summed E-state index contributed by atoms with van der Waals surface area (Å²) in [4.78, 5) is 26.4. The van der Waals surface area contributed by atoms with Gasteiger partial charge in [0, 0.05) is 12.1 Å². The molecule has 2 aromatic carbocycles. The molecule has 126 valence electrons. The minimum Gasteiger partial charge on any atom is -0.468 e. The van der Waals surface area contributed by atoms with Crippen molar-refractivity contribution < 1.29 is 14.3 Å². The van der Waals surface area contributed by atoms with Crippen LogP contribution in [-0.4, -0.2) is 36.3 Å². The van der Waals surface area contributed by atoms with E-state index in [0.29, 0.717) is 12.1 Å². The van der Waals surface area contributed by atoms with Crippen LogP contribution in [-0.2, 0) is 16.1 Å². The number of aryl methyl sites for hydroxylation is 1. The van der Waals surface area contributed by atoms with Gasteiger partial charge in [0.15, 0.2) is 5.78 Å². The van der Waals surface area contributed by atoms with E-state index >= 15 is 0 Å². The molecule has 4 nitrogen and oxygen atoms in total. The van der Waals surface area contributed by atoms with Gasteiger partial charge < -0.3 is 4.74 Å². The van der Waals surface area contributed by atoms with Crippen molar-refractivity contribution in [1.82, 2.24) is 4.90 Å². The lowest BCUT2D eigenvalue weighted by Gasteiger charge is -2.26. The molecule has 2 aromatic rings. The topological polar surface area (TPSA) is 46.6 Å². The lowest BCUT2D eigenvalue weighted by atomic mass is 10.1. The van der Waals surface area contributed by atoms with Gasteiger partial charge in [-0.2, -0.15) is 0 Å². The number of carbonyl (C=O) groups excluding carboxylic acids is 2. The highest BCUT2D eigenvalue weighted by atomic mass is 16.5. The van der Waals surface area contributed by atoms with E-state index in [-0.39, 0.29) is 18.3 Å². The summed E-state index contributed by atoms with van der Waals surface area (Å²) in [7, 11) is 1.36. The van der Waals surface area contributed by atoms with Crippen LogP contribution >= 0.6 is 0 Å². The van der Waals surface area contributed by atoms with E-state index in [9.17, 15) is 9.59 Å². The molecule has 0 heterocycles. The second-order valence-corrected chi connectivity index (χ2v) is 5.88. The number of rotatable bonds is 7. The number of Topliss-reactive ketones (excluding diaryl/α,β-unsaturated/α-hetero) is 1. The monoisotopic (exact) mass is 325 g/mol. The highest BCUT2D eigenvalue weighted by Gasteiger charge is 2.24. The van der Waals surface area contributed by atoms with E-state index in [2.05, 4.69) is 0 Å². The largest absolute Gasteiger partial charge is 0.468 e. The minimum atomic E-state index is -0.496. The smallest absolute Gasteiger partial charge is 0.322 e. The zero-order valence-corrected chi connectivity index (χ0v) is 14.4. The Labute approximate surface area is 143 Å². The molecule has 2 rings (SSSR count). The first kappa shape index (κ1) is 17.9. The van der Waals surface area contributed by atoms with Crippen LogP contribution in [0.25, 0.3) is 0 Å². The Kier molecular flexibility index (Phi) is 6.27. The van der Waals surface area contributed by atoms with Crippen LogP contribution in [0.3, 0.4) is 0 Å². The molecule has 0 saturated carbocycles. The van der Waals surface area contributed by atoms with Gasteiger partial charge in [-0.25, -0.2) is 0 Å². The summed E-state index contributed by atoms with van der Waals surface area (Å²) >= 11 is 0. The number of esters is 1. The average Bonchev–Trinajstić information content (AvgIpc) is 2.60. The zero-order chi connectivity index (χ0) is 17.5. The van der Waals surface area contributed by atoms with Crippen molar-refractivity contribution in [3.05, 3.63) is 71.3 Å². The van der Waals surface area contributed by atoms with Gasteiger partial charge in [0.2, 0.25) is 0 Å². The van der Waals surface area contributed by atoms with Crippen LogP contribution in [0.4, 0.5) is 0 Å². The first-order valence-corrected chi connectivity index (χ1v) is 7.97. The van der Waals surface area contributed by atoms with Gasteiger partial charge in [0.25, 0.3) is 0 Å². The Morgan fingerprint density at radius 3 is 2.42 bits per heavy atom. The minimum absolute atomic E-state index is 0.00890. The Hall–Kier alpha value is -2.46. The number of nitrogens with zero attached hydrogens (tertiary/aromatic N) is 1. The molecular formula is C20H23NO3. The predicted molar refractivity (Wildman–Crippen MR) is 93.8 cm³/mol. The molecule has 0 aliphatic carbocycles. The molecule has 0 aliphatic rings. The summed E-state index contributed by atoms with van der Waals surface area (Å²) < 4.78 is 4.85. The van der Waals surface area contributed by atoms with Gasteiger partial charge in [-0.3, -0.25) is 14.5 Å². The second-order valence-electron chi connectivity index (χ2n) is 5.88. The molecule has 0 amide bonds. The third-order valence-electron chi connectivity index (χ3n) is 4.01. The van der Waals surface area contributed by atoms with Crippen LogP contribution in [0.2, 0.25) is 0 Å². The molecule has 0 radical (unpaired) electrons. The number of benzene rings is 2. The SMILES string of the molecule is COC(=O)[C@@H](C)N(CC(=O)c1cccc(C)c1)Cc1ccccc1. The first-order valence-electron chi connectivity index (χ1n) is 7.97. The summed E-state index contributed by atoms with van der Waals surface area (Å²) in [6.07, 6.45) is 0. The highest BCUT2D eigenvalue weighted by molar-refractivity contribution is 5.98. The summed E-state index contributed by atoms with van der Waals surface area (Å²) in [6.45, 7) is 4.39. The number of methoxy groups -OCH3 is 1. The Balaban J connectivity index is 2.18. The molecule has 4 heteroatoms. The molecule has 1 atom stereocenters. The van der Waals surface area contributed by atoms with Crippen molar-refractivity contribution in [3.8, 4) is 0 Å². The molecule has 0 aliphatic heterocycles. The number of ether oxygens (including phenoxy) is 1. The van der Waals surface area contributed by atoms with Crippen LogP contribution in [0.5, 0.6) is 0 Å². The quantitative estimate of drug-likeness (QED) is 0.579. The third-order valence-corrected chi connectivity index (χ3v) is 4.01. The molecule has 0 N–H and O–H groups in total. The predicted octanol–water partition coefficient (Wildman–Crippen LogP) is 3.24. The Bertz CT molecular complexity index is 697. The van der Waals surface area contributed by atoms with Crippen LogP contribution < -0.4 is 0 Å². The van der Waals surface area contributed by atoms with E-state index in [4.69, 9.17) is 4.74 Å². The van der Waals surface area contributed by atoms with Gasteiger partial charge in [-0.15, -0.1) is 0 Å². The van der Waals surface area contributed by atoms with Gasteiger partial charge in [-0.1, -0.05) is 54.1 Å². The Morgan fingerprint density at radius 1 is 1.08 bits per heavy atom. The van der Waals surface area contributed by atoms with Crippen molar-refractivity contribution in [3.63, 3.8) is 0 Å². The van der Waals surface area contributed by atoms with E-state index in [0.717, 1.165) is 11.1 Å². The van der Waals surface area contributed by atoms with Crippen molar-refractivity contribution in [2.24, 2.45) is 0 Å². The molecule has 0 fully saturated rings. The molecule has 0 saturated heterocycles. The van der Waals surface area contributed by atoms with Gasteiger partial charge in [0.05, 0.1) is 13.7 Å². The highest BCUT2D eigenvalue weighted by Crippen LogP contribution is 2.12. The number of hydrogen-bond donors (Lipinski definition) is 0. The Morgan fingerprint density at radius 2 is 1.79 bits per heavy atom. The molecule has 0 bridgehead atoms. The number of ketones is 1. The van der Waals surface area contributed by atoms with Gasteiger partial charge in [-0.05, 0) is 25.5 Å². The van der Waals surface area contributed by atoms with E-state index in [1.807, 2.05) is 60.4 Å². The molecule has 24 heavy (non-hydrogen) atoms. The maximum atomic E-state index is 12.6. The van der Waals surface area contributed by atoms with E-state index in [1.54, 1.807) is 13.0 Å². The lowest BCUT2D eigenvalue weighted by Crippen LogP contribution is -2.42. The molecular weight excluding hydrogens is 302 g/mol. The van der Waals surface area contributed by atoms with Crippen molar-refractivity contribution >= 4 is 11.8 Å². The summed E-state index contributed by atoms with van der Waals surface area (Å²) in [5.74, 6) is -0.353. The number of carbonyl (C=O) groups is 2. The maximum Gasteiger partial charge on any atom is 0.322 e. The second kappa shape index (κ2) is 8.41. The summed E-state index contributed by atoms with van der Waals surface area (Å²) in [5, 5.41) is 0. The number of hydrogen-bond acceptors (Lipinski definition) is 4.